The first-order valence-electron chi connectivity index (χ1n) is 11.9. The Morgan fingerprint density at radius 3 is 2.23 bits per heavy atom. The first kappa shape index (κ1) is 24.0. The van der Waals surface area contributed by atoms with E-state index in [4.69, 9.17) is 0 Å². The smallest absolute Gasteiger partial charge is 0.253 e. The maximum absolute atomic E-state index is 12.6. The van der Waals surface area contributed by atoms with Crippen molar-refractivity contribution in [3.05, 3.63) is 95.6 Å². The van der Waals surface area contributed by atoms with Crippen LogP contribution in [0.1, 0.15) is 45.5 Å². The average molecular weight is 471 g/mol. The van der Waals surface area contributed by atoms with E-state index < -0.39 is 0 Å². The van der Waals surface area contributed by atoms with E-state index in [1.165, 1.54) is 6.42 Å². The summed E-state index contributed by atoms with van der Waals surface area (Å²) in [5.74, 6) is -0.364. The van der Waals surface area contributed by atoms with Crippen LogP contribution in [0.4, 0.5) is 11.4 Å². The molecular formula is C28H30N4O3. The van der Waals surface area contributed by atoms with Crippen LogP contribution in [-0.2, 0) is 11.3 Å². The zero-order valence-electron chi connectivity index (χ0n) is 19.6. The Morgan fingerprint density at radius 2 is 1.49 bits per heavy atom. The summed E-state index contributed by atoms with van der Waals surface area (Å²) >= 11 is 0. The van der Waals surface area contributed by atoms with Gasteiger partial charge < -0.3 is 20.9 Å². The minimum Gasteiger partial charge on any atom is -0.376 e. The first-order chi connectivity index (χ1) is 17.1. The van der Waals surface area contributed by atoms with Crippen LogP contribution in [0, 0.1) is 0 Å². The van der Waals surface area contributed by atoms with E-state index in [9.17, 15) is 14.4 Å². The molecule has 1 fully saturated rings. The number of anilines is 2. The van der Waals surface area contributed by atoms with Crippen LogP contribution in [0.3, 0.4) is 0 Å². The van der Waals surface area contributed by atoms with Gasteiger partial charge in [-0.1, -0.05) is 36.4 Å². The average Bonchev–Trinajstić information content (AvgIpc) is 2.92. The molecule has 3 aromatic rings. The van der Waals surface area contributed by atoms with Gasteiger partial charge in [-0.25, -0.2) is 0 Å². The van der Waals surface area contributed by atoms with Crippen molar-refractivity contribution < 1.29 is 14.4 Å². The molecule has 0 spiro atoms. The predicted molar refractivity (Wildman–Crippen MR) is 137 cm³/mol. The molecule has 0 aliphatic carbocycles. The fourth-order valence-electron chi connectivity index (χ4n) is 4.01. The number of piperidine rings is 1. The summed E-state index contributed by atoms with van der Waals surface area (Å²) in [5.41, 5.74) is 3.47. The molecule has 0 aromatic heterocycles. The van der Waals surface area contributed by atoms with Crippen molar-refractivity contribution >= 4 is 29.1 Å². The molecular weight excluding hydrogens is 440 g/mol. The van der Waals surface area contributed by atoms with Crippen LogP contribution in [0.15, 0.2) is 78.9 Å². The van der Waals surface area contributed by atoms with Gasteiger partial charge in [0.2, 0.25) is 5.91 Å². The molecule has 0 saturated carbocycles. The van der Waals surface area contributed by atoms with E-state index in [1.54, 1.807) is 42.5 Å². The van der Waals surface area contributed by atoms with Gasteiger partial charge in [-0.15, -0.1) is 0 Å². The minimum atomic E-state index is -0.223. The maximum atomic E-state index is 12.6. The second-order valence-corrected chi connectivity index (χ2v) is 8.58. The number of carbonyl (C=O) groups is 3. The fraction of sp³-hybridized carbons (Fsp3) is 0.250. The summed E-state index contributed by atoms with van der Waals surface area (Å²) < 4.78 is 0. The van der Waals surface area contributed by atoms with Crippen LogP contribution in [0.25, 0.3) is 0 Å². The fourth-order valence-corrected chi connectivity index (χ4v) is 4.01. The zero-order chi connectivity index (χ0) is 24.5. The second kappa shape index (κ2) is 11.8. The lowest BCUT2D eigenvalue weighted by Gasteiger charge is -2.26. The summed E-state index contributed by atoms with van der Waals surface area (Å²) in [6.07, 6.45) is 3.27. The van der Waals surface area contributed by atoms with Gasteiger partial charge in [-0.3, -0.25) is 14.4 Å². The van der Waals surface area contributed by atoms with Gasteiger partial charge in [0.1, 0.15) is 0 Å². The molecule has 1 aliphatic rings. The lowest BCUT2D eigenvalue weighted by Crippen LogP contribution is -2.35. The third-order valence-corrected chi connectivity index (χ3v) is 5.93. The Labute approximate surface area is 205 Å². The molecule has 7 heteroatoms. The summed E-state index contributed by atoms with van der Waals surface area (Å²) in [6, 6.07) is 23.7. The Kier molecular flexibility index (Phi) is 8.12. The van der Waals surface area contributed by atoms with E-state index >= 15 is 0 Å². The lowest BCUT2D eigenvalue weighted by molar-refractivity contribution is -0.114. The Bertz CT molecular complexity index is 1160. The molecule has 1 heterocycles. The van der Waals surface area contributed by atoms with Crippen LogP contribution in [-0.4, -0.2) is 42.3 Å². The Balaban J connectivity index is 1.25. The van der Waals surface area contributed by atoms with Gasteiger partial charge in [-0.05, 0) is 67.3 Å². The molecule has 3 amide bonds. The number of likely N-dealkylation sites (tertiary alicyclic amines) is 1. The zero-order valence-corrected chi connectivity index (χ0v) is 19.6. The number of nitrogens with zero attached hydrogens (tertiary/aromatic N) is 1. The van der Waals surface area contributed by atoms with Crippen molar-refractivity contribution in [1.82, 2.24) is 10.2 Å². The van der Waals surface area contributed by atoms with Gasteiger partial charge in [0.15, 0.2) is 0 Å². The van der Waals surface area contributed by atoms with Gasteiger partial charge in [-0.2, -0.15) is 0 Å². The largest absolute Gasteiger partial charge is 0.376 e. The first-order valence-corrected chi connectivity index (χ1v) is 11.9. The monoisotopic (exact) mass is 470 g/mol. The molecule has 35 heavy (non-hydrogen) atoms. The number of hydrogen-bond donors (Lipinski definition) is 3. The number of rotatable bonds is 8. The molecule has 3 N–H and O–H groups in total. The van der Waals surface area contributed by atoms with E-state index in [0.717, 1.165) is 31.5 Å². The van der Waals surface area contributed by atoms with E-state index in [0.29, 0.717) is 29.0 Å². The molecule has 1 saturated heterocycles. The van der Waals surface area contributed by atoms with Crippen molar-refractivity contribution in [3.8, 4) is 0 Å². The standard InChI is InChI=1S/C28H30N4O3/c33-26(31-24-14-12-22(13-15-24)28(35)32-16-5-2-6-17-32)20-29-25-11-7-10-23(18-25)27(34)30-19-21-8-3-1-4-9-21/h1,3-4,7-15,18,29H,2,5-6,16-17,19-20H2,(H,30,34)(H,31,33). The SMILES string of the molecule is O=C(CNc1cccc(C(=O)NCc2ccccc2)c1)Nc1ccc(C(=O)N2CCCCC2)cc1. The number of benzene rings is 3. The quantitative estimate of drug-likeness (QED) is 0.458. The van der Waals surface area contributed by atoms with Gasteiger partial charge in [0, 0.05) is 42.1 Å². The van der Waals surface area contributed by atoms with Crippen LogP contribution in [0.5, 0.6) is 0 Å². The molecule has 7 nitrogen and oxygen atoms in total. The number of nitrogens with one attached hydrogen (secondary N) is 3. The summed E-state index contributed by atoms with van der Waals surface area (Å²) in [6.45, 7) is 2.10. The summed E-state index contributed by atoms with van der Waals surface area (Å²) in [7, 11) is 0. The molecule has 0 radical (unpaired) electrons. The topological polar surface area (TPSA) is 90.5 Å². The molecule has 4 rings (SSSR count). The highest BCUT2D eigenvalue weighted by Gasteiger charge is 2.18. The maximum Gasteiger partial charge on any atom is 0.253 e. The van der Waals surface area contributed by atoms with Crippen LogP contribution in [0.2, 0.25) is 0 Å². The number of carbonyl (C=O) groups excluding carboxylic acids is 3. The molecule has 180 valence electrons. The normalized spacial score (nSPS) is 13.1. The molecule has 0 unspecified atom stereocenters. The van der Waals surface area contributed by atoms with Gasteiger partial charge >= 0.3 is 0 Å². The lowest BCUT2D eigenvalue weighted by atomic mass is 10.1. The highest BCUT2D eigenvalue weighted by molar-refractivity contribution is 5.97. The molecule has 0 bridgehead atoms. The van der Waals surface area contributed by atoms with Crippen molar-refractivity contribution in [2.45, 2.75) is 25.8 Å². The summed E-state index contributed by atoms with van der Waals surface area (Å²) in [5, 5.41) is 8.78. The molecule has 0 atom stereocenters. The van der Waals surface area contributed by atoms with Gasteiger partial charge in [0.05, 0.1) is 6.54 Å². The van der Waals surface area contributed by atoms with Crippen molar-refractivity contribution in [2.75, 3.05) is 30.3 Å². The number of hydrogen-bond acceptors (Lipinski definition) is 4. The molecule has 3 aromatic carbocycles. The number of amides is 3. The van der Waals surface area contributed by atoms with E-state index in [-0.39, 0.29) is 24.3 Å². The highest BCUT2D eigenvalue weighted by Crippen LogP contribution is 2.16. The van der Waals surface area contributed by atoms with Gasteiger partial charge in [0.25, 0.3) is 11.8 Å². The third-order valence-electron chi connectivity index (χ3n) is 5.93. The molecule has 1 aliphatic heterocycles. The van der Waals surface area contributed by atoms with Crippen molar-refractivity contribution in [3.63, 3.8) is 0 Å². The van der Waals surface area contributed by atoms with Crippen molar-refractivity contribution in [2.24, 2.45) is 0 Å². The third kappa shape index (κ3) is 6.93. The highest BCUT2D eigenvalue weighted by atomic mass is 16.2. The Hall–Kier alpha value is -4.13. The minimum absolute atomic E-state index is 0.0388. The van der Waals surface area contributed by atoms with E-state index in [2.05, 4.69) is 16.0 Å². The van der Waals surface area contributed by atoms with Crippen molar-refractivity contribution in [1.29, 1.82) is 0 Å². The summed E-state index contributed by atoms with van der Waals surface area (Å²) in [4.78, 5) is 39.4. The predicted octanol–water partition coefficient (Wildman–Crippen LogP) is 4.29. The van der Waals surface area contributed by atoms with Crippen LogP contribution >= 0.6 is 0 Å². The van der Waals surface area contributed by atoms with E-state index in [1.807, 2.05) is 41.3 Å². The van der Waals surface area contributed by atoms with Crippen LogP contribution < -0.4 is 16.0 Å². The Morgan fingerprint density at radius 1 is 0.743 bits per heavy atom. The second-order valence-electron chi connectivity index (χ2n) is 8.58.